The second-order valence-corrected chi connectivity index (χ2v) is 8.23. The summed E-state index contributed by atoms with van der Waals surface area (Å²) in [4.78, 5) is 50.0. The van der Waals surface area contributed by atoms with Crippen molar-refractivity contribution in [1.29, 1.82) is 0 Å². The Kier molecular flexibility index (Phi) is 5.89. The Morgan fingerprint density at radius 1 is 1.03 bits per heavy atom. The lowest BCUT2D eigenvalue weighted by Crippen LogP contribution is -2.43. The molecule has 1 saturated carbocycles. The van der Waals surface area contributed by atoms with E-state index in [-0.39, 0.29) is 29.5 Å². The number of likely N-dealkylation sites (tertiary alicyclic amines) is 1. The summed E-state index contributed by atoms with van der Waals surface area (Å²) in [5.41, 5.74) is 1.74. The third-order valence-electron chi connectivity index (χ3n) is 5.78. The molecule has 1 aliphatic heterocycles. The minimum atomic E-state index is -0.629. The third kappa shape index (κ3) is 4.61. The van der Waals surface area contributed by atoms with Crippen LogP contribution in [0.5, 0.6) is 0 Å². The zero-order valence-electron chi connectivity index (χ0n) is 17.7. The van der Waals surface area contributed by atoms with Crippen LogP contribution in [0.4, 0.5) is 11.4 Å². The second kappa shape index (κ2) is 8.78. The molecule has 2 N–H and O–H groups in total. The first-order valence-corrected chi connectivity index (χ1v) is 10.6. The molecule has 9 heteroatoms. The number of benzene rings is 2. The van der Waals surface area contributed by atoms with E-state index in [4.69, 9.17) is 0 Å². The van der Waals surface area contributed by atoms with Gasteiger partial charge in [-0.2, -0.15) is 0 Å². The smallest absolute Gasteiger partial charge is 0.272 e. The fourth-order valence-corrected chi connectivity index (χ4v) is 3.87. The number of amides is 3. The van der Waals surface area contributed by atoms with Gasteiger partial charge in [0.1, 0.15) is 6.04 Å². The maximum atomic E-state index is 13.0. The molecule has 2 aromatic rings. The highest BCUT2D eigenvalue weighted by Gasteiger charge is 2.35. The van der Waals surface area contributed by atoms with Crippen LogP contribution >= 0.6 is 0 Å². The first-order chi connectivity index (χ1) is 15.3. The lowest BCUT2D eigenvalue weighted by Gasteiger charge is -2.24. The molecule has 4 rings (SSSR count). The van der Waals surface area contributed by atoms with Gasteiger partial charge in [0.25, 0.3) is 17.5 Å². The predicted molar refractivity (Wildman–Crippen MR) is 117 cm³/mol. The molecule has 166 valence electrons. The highest BCUT2D eigenvalue weighted by atomic mass is 16.6. The lowest BCUT2D eigenvalue weighted by atomic mass is 10.1. The van der Waals surface area contributed by atoms with E-state index >= 15 is 0 Å². The molecular weight excluding hydrogens is 412 g/mol. The normalized spacial score (nSPS) is 17.7. The van der Waals surface area contributed by atoms with Gasteiger partial charge in [0, 0.05) is 41.0 Å². The van der Waals surface area contributed by atoms with Crippen molar-refractivity contribution in [1.82, 2.24) is 10.2 Å². The average Bonchev–Trinajstić information content (AvgIpc) is 3.44. The van der Waals surface area contributed by atoms with Gasteiger partial charge in [0.05, 0.1) is 4.92 Å². The Balaban J connectivity index is 1.42. The van der Waals surface area contributed by atoms with Gasteiger partial charge in [-0.1, -0.05) is 0 Å². The van der Waals surface area contributed by atoms with Crippen molar-refractivity contribution < 1.29 is 19.3 Å². The monoisotopic (exact) mass is 436 g/mol. The van der Waals surface area contributed by atoms with Crippen LogP contribution in [0, 0.1) is 17.0 Å². The van der Waals surface area contributed by atoms with Crippen molar-refractivity contribution in [2.24, 2.45) is 0 Å². The van der Waals surface area contributed by atoms with Crippen LogP contribution < -0.4 is 10.6 Å². The molecule has 1 heterocycles. The number of nitrogens with zero attached hydrogens (tertiary/aromatic N) is 2. The molecule has 1 atom stereocenters. The molecule has 1 unspecified atom stereocenters. The summed E-state index contributed by atoms with van der Waals surface area (Å²) in [5.74, 6) is -0.756. The van der Waals surface area contributed by atoms with E-state index in [1.807, 2.05) is 0 Å². The topological polar surface area (TPSA) is 122 Å². The SMILES string of the molecule is Cc1cc(C(=O)N2CCCC2C(=O)Nc2ccc(C(=O)NC3CC3)cc2)ccc1[N+](=O)[O-]. The van der Waals surface area contributed by atoms with Crippen LogP contribution in [0.15, 0.2) is 42.5 Å². The molecule has 2 aliphatic rings. The van der Waals surface area contributed by atoms with Gasteiger partial charge in [0.2, 0.25) is 5.91 Å². The molecule has 32 heavy (non-hydrogen) atoms. The van der Waals surface area contributed by atoms with Gasteiger partial charge >= 0.3 is 0 Å². The van der Waals surface area contributed by atoms with E-state index < -0.39 is 11.0 Å². The first-order valence-electron chi connectivity index (χ1n) is 10.6. The van der Waals surface area contributed by atoms with Crippen LogP contribution in [0.1, 0.15) is 52.0 Å². The van der Waals surface area contributed by atoms with Gasteiger partial charge in [-0.3, -0.25) is 24.5 Å². The number of rotatable bonds is 6. The van der Waals surface area contributed by atoms with Crippen LogP contribution in [0.25, 0.3) is 0 Å². The second-order valence-electron chi connectivity index (χ2n) is 8.23. The summed E-state index contributed by atoms with van der Waals surface area (Å²) in [6, 6.07) is 10.5. The Morgan fingerprint density at radius 2 is 1.72 bits per heavy atom. The molecule has 2 fully saturated rings. The molecule has 1 saturated heterocycles. The Hall–Kier alpha value is -3.75. The van der Waals surface area contributed by atoms with E-state index in [1.165, 1.54) is 23.1 Å². The maximum absolute atomic E-state index is 13.0. The predicted octanol–water partition coefficient (Wildman–Crippen LogP) is 3.04. The quantitative estimate of drug-likeness (QED) is 0.532. The fraction of sp³-hybridized carbons (Fsp3) is 0.348. The Bertz CT molecular complexity index is 1080. The van der Waals surface area contributed by atoms with E-state index in [2.05, 4.69) is 10.6 Å². The van der Waals surface area contributed by atoms with Gasteiger partial charge in [-0.25, -0.2) is 0 Å². The minimum absolute atomic E-state index is 0.0495. The zero-order chi connectivity index (χ0) is 22.8. The number of nitro benzene ring substituents is 1. The van der Waals surface area contributed by atoms with Crippen molar-refractivity contribution >= 4 is 29.1 Å². The molecule has 0 bridgehead atoms. The van der Waals surface area contributed by atoms with E-state index in [0.717, 1.165) is 12.8 Å². The Morgan fingerprint density at radius 3 is 2.34 bits per heavy atom. The summed E-state index contributed by atoms with van der Waals surface area (Å²) in [6.07, 6.45) is 3.24. The molecule has 2 aromatic carbocycles. The summed E-state index contributed by atoms with van der Waals surface area (Å²) in [7, 11) is 0. The van der Waals surface area contributed by atoms with E-state index in [0.29, 0.717) is 41.8 Å². The highest BCUT2D eigenvalue weighted by molar-refractivity contribution is 6.02. The van der Waals surface area contributed by atoms with Crippen LogP contribution in [-0.2, 0) is 4.79 Å². The number of nitro groups is 1. The Labute approximate surface area is 184 Å². The van der Waals surface area contributed by atoms with Gasteiger partial charge < -0.3 is 15.5 Å². The van der Waals surface area contributed by atoms with E-state index in [1.54, 1.807) is 31.2 Å². The van der Waals surface area contributed by atoms with Crippen molar-refractivity contribution in [2.75, 3.05) is 11.9 Å². The molecular formula is C23H24N4O5. The zero-order valence-corrected chi connectivity index (χ0v) is 17.7. The van der Waals surface area contributed by atoms with Crippen molar-refractivity contribution in [3.8, 4) is 0 Å². The molecule has 0 radical (unpaired) electrons. The fourth-order valence-electron chi connectivity index (χ4n) is 3.87. The number of hydrogen-bond donors (Lipinski definition) is 2. The maximum Gasteiger partial charge on any atom is 0.272 e. The van der Waals surface area contributed by atoms with Crippen LogP contribution in [0.3, 0.4) is 0 Å². The van der Waals surface area contributed by atoms with Crippen molar-refractivity contribution in [3.63, 3.8) is 0 Å². The largest absolute Gasteiger partial charge is 0.349 e. The van der Waals surface area contributed by atoms with E-state index in [9.17, 15) is 24.5 Å². The number of anilines is 1. The third-order valence-corrected chi connectivity index (χ3v) is 5.78. The van der Waals surface area contributed by atoms with Gasteiger partial charge in [-0.05, 0) is 69.0 Å². The molecule has 0 aromatic heterocycles. The van der Waals surface area contributed by atoms with Crippen LogP contribution in [-0.4, -0.2) is 46.2 Å². The average molecular weight is 436 g/mol. The molecule has 0 spiro atoms. The van der Waals surface area contributed by atoms with Gasteiger partial charge in [0.15, 0.2) is 0 Å². The number of aryl methyl sites for hydroxylation is 1. The number of carbonyl (C=O) groups excluding carboxylic acids is 3. The molecule has 9 nitrogen and oxygen atoms in total. The summed E-state index contributed by atoms with van der Waals surface area (Å²) in [6.45, 7) is 2.02. The number of nitrogens with one attached hydrogen (secondary N) is 2. The summed E-state index contributed by atoms with van der Waals surface area (Å²) < 4.78 is 0. The minimum Gasteiger partial charge on any atom is -0.349 e. The highest BCUT2D eigenvalue weighted by Crippen LogP contribution is 2.25. The number of hydrogen-bond acceptors (Lipinski definition) is 5. The summed E-state index contributed by atoms with van der Waals surface area (Å²) >= 11 is 0. The van der Waals surface area contributed by atoms with Crippen molar-refractivity contribution in [3.05, 3.63) is 69.3 Å². The summed E-state index contributed by atoms with van der Waals surface area (Å²) in [5, 5.41) is 16.8. The number of carbonyl (C=O) groups is 3. The molecule has 1 aliphatic carbocycles. The first kappa shape index (κ1) is 21.5. The van der Waals surface area contributed by atoms with Gasteiger partial charge in [-0.15, -0.1) is 0 Å². The lowest BCUT2D eigenvalue weighted by molar-refractivity contribution is -0.385. The van der Waals surface area contributed by atoms with Crippen molar-refractivity contribution in [2.45, 2.75) is 44.7 Å². The van der Waals surface area contributed by atoms with Crippen LogP contribution in [0.2, 0.25) is 0 Å². The molecule has 3 amide bonds. The standard InChI is InChI=1S/C23H24N4O5/c1-14-13-16(6-11-19(14)27(31)32)23(30)26-12-2-3-20(26)22(29)25-17-7-4-15(5-8-17)21(28)24-18-9-10-18/h4-8,11,13,18,20H,2-3,9-10,12H2,1H3,(H,24,28)(H,25,29).